The van der Waals surface area contributed by atoms with Gasteiger partial charge in [-0.05, 0) is 33.1 Å². The zero-order valence-corrected chi connectivity index (χ0v) is 12.6. The quantitative estimate of drug-likeness (QED) is 0.761. The van der Waals surface area contributed by atoms with Crippen LogP contribution in [0.3, 0.4) is 0 Å². The van der Waals surface area contributed by atoms with E-state index in [0.29, 0.717) is 6.42 Å². The van der Waals surface area contributed by atoms with Gasteiger partial charge in [0.1, 0.15) is 5.54 Å². The second-order valence-electron chi connectivity index (χ2n) is 5.71. The molecule has 0 aliphatic carbocycles. The molecule has 1 aliphatic rings. The second-order valence-corrected chi connectivity index (χ2v) is 5.71. The van der Waals surface area contributed by atoms with Crippen LogP contribution in [0.15, 0.2) is 0 Å². The van der Waals surface area contributed by atoms with Crippen molar-refractivity contribution in [3.8, 4) is 0 Å². The molecule has 0 bridgehead atoms. The minimum absolute atomic E-state index is 0.241. The van der Waals surface area contributed by atoms with Crippen molar-refractivity contribution in [2.75, 3.05) is 26.8 Å². The lowest BCUT2D eigenvalue weighted by atomic mass is 9.94. The summed E-state index contributed by atoms with van der Waals surface area (Å²) in [5.41, 5.74) is 5.12. The number of carbonyl (C=O) groups excluding carboxylic acids is 1. The molecule has 3 atom stereocenters. The van der Waals surface area contributed by atoms with Crippen LogP contribution in [-0.2, 0) is 14.3 Å². The van der Waals surface area contributed by atoms with E-state index in [1.165, 1.54) is 7.11 Å². The van der Waals surface area contributed by atoms with Crippen LogP contribution in [0.1, 0.15) is 40.0 Å². The summed E-state index contributed by atoms with van der Waals surface area (Å²) in [7, 11) is 1.38. The predicted molar refractivity (Wildman–Crippen MR) is 74.9 cm³/mol. The zero-order valence-electron chi connectivity index (χ0n) is 12.6. The van der Waals surface area contributed by atoms with E-state index in [-0.39, 0.29) is 18.1 Å². The fraction of sp³-hybridized carbons (Fsp3) is 0.929. The monoisotopic (exact) mass is 272 g/mol. The molecule has 0 aromatic carbocycles. The molecule has 0 saturated carbocycles. The molecule has 5 nitrogen and oxygen atoms in total. The van der Waals surface area contributed by atoms with Gasteiger partial charge in [0.15, 0.2) is 0 Å². The van der Waals surface area contributed by atoms with E-state index in [9.17, 15) is 4.79 Å². The van der Waals surface area contributed by atoms with Gasteiger partial charge in [-0.15, -0.1) is 0 Å². The van der Waals surface area contributed by atoms with Crippen molar-refractivity contribution in [2.45, 2.75) is 57.7 Å². The largest absolute Gasteiger partial charge is 0.468 e. The van der Waals surface area contributed by atoms with Crippen LogP contribution in [0.2, 0.25) is 0 Å². The van der Waals surface area contributed by atoms with Gasteiger partial charge in [-0.1, -0.05) is 6.92 Å². The van der Waals surface area contributed by atoms with Crippen LogP contribution in [0.5, 0.6) is 0 Å². The second kappa shape index (κ2) is 7.22. The number of esters is 1. The molecule has 3 unspecified atom stereocenters. The fourth-order valence-electron chi connectivity index (χ4n) is 2.63. The molecule has 0 aromatic heterocycles. The minimum Gasteiger partial charge on any atom is -0.468 e. The van der Waals surface area contributed by atoms with Gasteiger partial charge in [-0.3, -0.25) is 9.69 Å². The third-order valence-electron chi connectivity index (χ3n) is 3.83. The van der Waals surface area contributed by atoms with Gasteiger partial charge in [-0.25, -0.2) is 0 Å². The summed E-state index contributed by atoms with van der Waals surface area (Å²) in [6, 6.07) is 0.241. The zero-order chi connectivity index (χ0) is 14.5. The smallest absolute Gasteiger partial charge is 0.325 e. The predicted octanol–water partition coefficient (Wildman–Crippen LogP) is 1.16. The normalized spacial score (nSPS) is 26.3. The Labute approximate surface area is 116 Å². The molecule has 1 saturated heterocycles. The SMILES string of the molecule is CCC1CN(C(C)CC(C)(N)C(=O)OC)CCCO1. The average molecular weight is 272 g/mol. The molecular formula is C14H28N2O3. The van der Waals surface area contributed by atoms with E-state index in [4.69, 9.17) is 15.2 Å². The summed E-state index contributed by atoms with van der Waals surface area (Å²) in [6.45, 7) is 8.72. The highest BCUT2D eigenvalue weighted by Crippen LogP contribution is 2.19. The van der Waals surface area contributed by atoms with Crippen molar-refractivity contribution in [3.05, 3.63) is 0 Å². The first-order valence-electron chi connectivity index (χ1n) is 7.13. The standard InChI is InChI=1S/C14H28N2O3/c1-5-12-10-16(7-6-8-19-12)11(2)9-14(3,15)13(17)18-4/h11-12H,5-10,15H2,1-4H3. The number of nitrogens with zero attached hydrogens (tertiary/aromatic N) is 1. The van der Waals surface area contributed by atoms with E-state index < -0.39 is 5.54 Å². The molecule has 5 heteroatoms. The third kappa shape index (κ3) is 4.75. The van der Waals surface area contributed by atoms with Crippen LogP contribution in [0, 0.1) is 0 Å². The van der Waals surface area contributed by atoms with Crippen LogP contribution in [-0.4, -0.2) is 55.4 Å². The maximum Gasteiger partial charge on any atom is 0.325 e. The Hall–Kier alpha value is -0.650. The number of hydrogen-bond acceptors (Lipinski definition) is 5. The fourth-order valence-corrected chi connectivity index (χ4v) is 2.63. The Morgan fingerprint density at radius 1 is 1.63 bits per heavy atom. The Morgan fingerprint density at radius 2 is 2.32 bits per heavy atom. The molecular weight excluding hydrogens is 244 g/mol. The summed E-state index contributed by atoms with van der Waals surface area (Å²) in [5.74, 6) is -0.350. The van der Waals surface area contributed by atoms with Crippen LogP contribution in [0.4, 0.5) is 0 Å². The molecule has 2 N–H and O–H groups in total. The summed E-state index contributed by atoms with van der Waals surface area (Å²) in [4.78, 5) is 14.0. The van der Waals surface area contributed by atoms with Gasteiger partial charge in [0.05, 0.1) is 13.2 Å². The number of hydrogen-bond donors (Lipinski definition) is 1. The molecule has 0 aromatic rings. The van der Waals surface area contributed by atoms with Crippen molar-refractivity contribution >= 4 is 5.97 Å². The van der Waals surface area contributed by atoms with Crippen molar-refractivity contribution < 1.29 is 14.3 Å². The van der Waals surface area contributed by atoms with Crippen LogP contribution in [0.25, 0.3) is 0 Å². The maximum atomic E-state index is 11.6. The summed E-state index contributed by atoms with van der Waals surface area (Å²) >= 11 is 0. The van der Waals surface area contributed by atoms with Crippen molar-refractivity contribution in [1.82, 2.24) is 4.90 Å². The van der Waals surface area contributed by atoms with Gasteiger partial charge in [0.25, 0.3) is 0 Å². The lowest BCUT2D eigenvalue weighted by molar-refractivity contribution is -0.147. The van der Waals surface area contributed by atoms with Gasteiger partial charge < -0.3 is 15.2 Å². The van der Waals surface area contributed by atoms with Crippen LogP contribution >= 0.6 is 0 Å². The van der Waals surface area contributed by atoms with Gasteiger partial charge >= 0.3 is 5.97 Å². The van der Waals surface area contributed by atoms with Crippen molar-refractivity contribution in [2.24, 2.45) is 5.73 Å². The Morgan fingerprint density at radius 3 is 2.89 bits per heavy atom. The van der Waals surface area contributed by atoms with E-state index >= 15 is 0 Å². The molecule has 1 aliphatic heterocycles. The van der Waals surface area contributed by atoms with E-state index in [2.05, 4.69) is 18.7 Å². The Balaban J connectivity index is 2.60. The molecule has 1 heterocycles. The molecule has 0 spiro atoms. The number of carbonyl (C=O) groups is 1. The first kappa shape index (κ1) is 16.4. The first-order valence-corrected chi connectivity index (χ1v) is 7.13. The topological polar surface area (TPSA) is 64.8 Å². The van der Waals surface area contributed by atoms with Gasteiger partial charge in [-0.2, -0.15) is 0 Å². The minimum atomic E-state index is -0.928. The van der Waals surface area contributed by atoms with E-state index in [1.54, 1.807) is 6.92 Å². The molecule has 112 valence electrons. The number of methoxy groups -OCH3 is 1. The molecule has 19 heavy (non-hydrogen) atoms. The number of ether oxygens (including phenoxy) is 2. The van der Waals surface area contributed by atoms with Gasteiger partial charge in [0, 0.05) is 25.7 Å². The molecule has 1 rings (SSSR count). The lowest BCUT2D eigenvalue weighted by Crippen LogP contribution is -2.51. The molecule has 0 amide bonds. The first-order chi connectivity index (χ1) is 8.90. The molecule has 1 fully saturated rings. The number of rotatable bonds is 5. The van der Waals surface area contributed by atoms with Gasteiger partial charge in [0.2, 0.25) is 0 Å². The Kier molecular flexibility index (Phi) is 6.23. The summed E-state index contributed by atoms with van der Waals surface area (Å²) in [6.07, 6.45) is 2.92. The highest BCUT2D eigenvalue weighted by molar-refractivity contribution is 5.79. The average Bonchev–Trinajstić information content (AvgIpc) is 2.62. The van der Waals surface area contributed by atoms with Crippen LogP contribution < -0.4 is 5.73 Å². The van der Waals surface area contributed by atoms with Crippen molar-refractivity contribution in [1.29, 1.82) is 0 Å². The number of nitrogens with two attached hydrogens (primary N) is 1. The highest BCUT2D eigenvalue weighted by Gasteiger charge is 2.33. The Bertz CT molecular complexity index is 294. The lowest BCUT2D eigenvalue weighted by Gasteiger charge is -2.33. The highest BCUT2D eigenvalue weighted by atomic mass is 16.5. The van der Waals surface area contributed by atoms with E-state index in [1.807, 2.05) is 0 Å². The molecule has 0 radical (unpaired) electrons. The van der Waals surface area contributed by atoms with Crippen molar-refractivity contribution in [3.63, 3.8) is 0 Å². The summed E-state index contributed by atoms with van der Waals surface area (Å²) in [5, 5.41) is 0. The third-order valence-corrected chi connectivity index (χ3v) is 3.83. The summed E-state index contributed by atoms with van der Waals surface area (Å²) < 4.78 is 10.5. The van der Waals surface area contributed by atoms with E-state index in [0.717, 1.165) is 32.5 Å². The maximum absolute atomic E-state index is 11.6.